The third-order valence-electron chi connectivity index (χ3n) is 5.54. The summed E-state index contributed by atoms with van der Waals surface area (Å²) in [5, 5.41) is 3.05. The fourth-order valence-electron chi connectivity index (χ4n) is 3.95. The van der Waals surface area contributed by atoms with Crippen LogP contribution < -0.4 is 5.32 Å². The number of ether oxygens (including phenoxy) is 1. The zero-order chi connectivity index (χ0) is 21.6. The average Bonchev–Trinajstić information content (AvgIpc) is 2.78. The van der Waals surface area contributed by atoms with Crippen LogP contribution in [0.1, 0.15) is 38.3 Å². The molecule has 4 atom stereocenters. The largest absolute Gasteiger partial charge is 0.380 e. The smallest absolute Gasteiger partial charge is 0.224 e. The minimum absolute atomic E-state index is 0.0121. The van der Waals surface area contributed by atoms with Crippen LogP contribution in [0.5, 0.6) is 0 Å². The van der Waals surface area contributed by atoms with E-state index in [0.29, 0.717) is 24.7 Å². The highest BCUT2D eigenvalue weighted by atomic mass is 32.2. The lowest BCUT2D eigenvalue weighted by Gasteiger charge is -2.41. The predicted octanol–water partition coefficient (Wildman–Crippen LogP) is 3.67. The maximum atomic E-state index is 13.9. The second kappa shape index (κ2) is 10.2. The molecule has 30 heavy (non-hydrogen) atoms. The standard InChI is InChI=1S/C24H32N2O3S/c1-4-29-18-19(2)25-24(27)21-15-16-23(20-11-7-5-8-12-20)26(17-21)30(3,28)22-13-9-6-10-14-22/h5-14,19,21,23H,3-4,15-18H2,1-2H3,(H,25,27). The molecule has 0 aliphatic carbocycles. The van der Waals surface area contributed by atoms with E-state index < -0.39 is 9.71 Å². The summed E-state index contributed by atoms with van der Waals surface area (Å²) < 4.78 is 21.3. The quantitative estimate of drug-likeness (QED) is 0.653. The first-order chi connectivity index (χ1) is 14.4. The van der Waals surface area contributed by atoms with Crippen LogP contribution in [0.4, 0.5) is 0 Å². The molecule has 1 aliphatic heterocycles. The Balaban J connectivity index is 1.84. The summed E-state index contributed by atoms with van der Waals surface area (Å²) in [6.45, 7) is 5.39. The molecule has 5 nitrogen and oxygen atoms in total. The molecule has 1 N–H and O–H groups in total. The molecule has 2 aromatic carbocycles. The summed E-state index contributed by atoms with van der Waals surface area (Å²) in [5.74, 6) is 3.89. The van der Waals surface area contributed by atoms with E-state index >= 15 is 0 Å². The summed E-state index contributed by atoms with van der Waals surface area (Å²) in [6.07, 6.45) is 1.49. The zero-order valence-electron chi connectivity index (χ0n) is 17.8. The number of nitrogens with zero attached hydrogens (tertiary/aromatic N) is 1. The number of hydrogen-bond donors (Lipinski definition) is 1. The van der Waals surface area contributed by atoms with E-state index in [4.69, 9.17) is 4.74 Å². The molecule has 0 bridgehead atoms. The summed E-state index contributed by atoms with van der Waals surface area (Å²) in [7, 11) is -2.74. The van der Waals surface area contributed by atoms with Gasteiger partial charge in [-0.15, -0.1) is 0 Å². The van der Waals surface area contributed by atoms with E-state index in [9.17, 15) is 9.00 Å². The van der Waals surface area contributed by atoms with Crippen LogP contribution in [0.3, 0.4) is 0 Å². The van der Waals surface area contributed by atoms with Crippen molar-refractivity contribution < 1.29 is 13.7 Å². The Morgan fingerprint density at radius 1 is 1.17 bits per heavy atom. The normalized spacial score (nSPS) is 22.7. The van der Waals surface area contributed by atoms with Gasteiger partial charge < -0.3 is 10.1 Å². The molecule has 4 unspecified atom stereocenters. The van der Waals surface area contributed by atoms with Crippen molar-refractivity contribution in [1.29, 1.82) is 0 Å². The highest BCUT2D eigenvalue weighted by molar-refractivity contribution is 7.98. The summed E-state index contributed by atoms with van der Waals surface area (Å²) in [6, 6.07) is 19.3. The molecule has 1 saturated heterocycles. The lowest BCUT2D eigenvalue weighted by molar-refractivity contribution is -0.127. The minimum atomic E-state index is -2.74. The molecule has 1 amide bonds. The summed E-state index contributed by atoms with van der Waals surface area (Å²) in [5.41, 5.74) is 1.10. The van der Waals surface area contributed by atoms with Gasteiger partial charge in [0.15, 0.2) is 0 Å². The third kappa shape index (κ3) is 5.31. The molecular weight excluding hydrogens is 396 g/mol. The molecule has 162 valence electrons. The van der Waals surface area contributed by atoms with Crippen molar-refractivity contribution >= 4 is 21.5 Å². The van der Waals surface area contributed by atoms with Crippen molar-refractivity contribution in [3.05, 3.63) is 66.2 Å². The average molecular weight is 429 g/mol. The summed E-state index contributed by atoms with van der Waals surface area (Å²) in [4.78, 5) is 13.6. The van der Waals surface area contributed by atoms with Gasteiger partial charge in [-0.05, 0) is 50.3 Å². The Bertz CT molecular complexity index is 916. The Morgan fingerprint density at radius 3 is 2.43 bits per heavy atom. The van der Waals surface area contributed by atoms with Gasteiger partial charge in [0.25, 0.3) is 0 Å². The predicted molar refractivity (Wildman–Crippen MR) is 123 cm³/mol. The monoisotopic (exact) mass is 428 g/mol. The third-order valence-corrected chi connectivity index (χ3v) is 7.71. The number of nitrogens with one attached hydrogen (secondary N) is 1. The molecular formula is C24H32N2O3S. The van der Waals surface area contributed by atoms with Crippen molar-refractivity contribution in [2.24, 2.45) is 5.92 Å². The van der Waals surface area contributed by atoms with Crippen molar-refractivity contribution in [3.63, 3.8) is 0 Å². The van der Waals surface area contributed by atoms with Crippen LogP contribution in [0.25, 0.3) is 0 Å². The van der Waals surface area contributed by atoms with Gasteiger partial charge >= 0.3 is 0 Å². The summed E-state index contributed by atoms with van der Waals surface area (Å²) >= 11 is 0. The van der Waals surface area contributed by atoms with Crippen molar-refractivity contribution in [1.82, 2.24) is 9.62 Å². The number of hydrogen-bond acceptors (Lipinski definition) is 3. The molecule has 1 heterocycles. The molecule has 1 fully saturated rings. The Hall–Kier alpha value is -2.15. The lowest BCUT2D eigenvalue weighted by Crippen LogP contribution is -2.48. The van der Waals surface area contributed by atoms with Crippen molar-refractivity contribution in [2.45, 2.75) is 43.7 Å². The lowest BCUT2D eigenvalue weighted by atomic mass is 9.90. The van der Waals surface area contributed by atoms with Gasteiger partial charge in [-0.2, -0.15) is 0 Å². The van der Waals surface area contributed by atoms with E-state index in [1.165, 1.54) is 0 Å². The maximum Gasteiger partial charge on any atom is 0.224 e. The molecule has 6 heteroatoms. The Labute approximate surface area is 180 Å². The van der Waals surface area contributed by atoms with Crippen LogP contribution in [0.15, 0.2) is 65.6 Å². The van der Waals surface area contributed by atoms with E-state index in [2.05, 4.69) is 23.3 Å². The van der Waals surface area contributed by atoms with Gasteiger partial charge in [0, 0.05) is 30.1 Å². The highest BCUT2D eigenvalue weighted by Crippen LogP contribution is 2.37. The van der Waals surface area contributed by atoms with Gasteiger partial charge in [-0.25, -0.2) is 8.51 Å². The number of benzene rings is 2. The van der Waals surface area contributed by atoms with Crippen molar-refractivity contribution in [3.8, 4) is 0 Å². The molecule has 0 spiro atoms. The maximum absolute atomic E-state index is 13.9. The van der Waals surface area contributed by atoms with Gasteiger partial charge in [0.2, 0.25) is 5.91 Å². The van der Waals surface area contributed by atoms with Crippen LogP contribution in [-0.2, 0) is 19.2 Å². The second-order valence-electron chi connectivity index (χ2n) is 7.82. The Morgan fingerprint density at radius 2 is 1.80 bits per heavy atom. The fourth-order valence-corrected chi connectivity index (χ4v) is 5.86. The first-order valence-electron chi connectivity index (χ1n) is 10.6. The van der Waals surface area contributed by atoms with Gasteiger partial charge in [-0.3, -0.25) is 4.79 Å². The SMILES string of the molecule is C=S(=O)(c1ccccc1)N1CC(C(=O)NC(C)COCC)CCC1c1ccccc1. The molecule has 3 rings (SSSR count). The van der Waals surface area contributed by atoms with Crippen LogP contribution in [-0.4, -0.2) is 46.1 Å². The van der Waals surface area contributed by atoms with Gasteiger partial charge in [0.05, 0.1) is 22.2 Å². The van der Waals surface area contributed by atoms with E-state index in [1.807, 2.05) is 66.7 Å². The number of carbonyl (C=O) groups is 1. The number of amides is 1. The van der Waals surface area contributed by atoms with Crippen LogP contribution >= 0.6 is 0 Å². The molecule has 0 saturated carbocycles. The van der Waals surface area contributed by atoms with E-state index in [-0.39, 0.29) is 23.9 Å². The minimum Gasteiger partial charge on any atom is -0.380 e. The van der Waals surface area contributed by atoms with E-state index in [1.54, 1.807) is 0 Å². The van der Waals surface area contributed by atoms with Crippen LogP contribution in [0, 0.1) is 5.92 Å². The van der Waals surface area contributed by atoms with Crippen molar-refractivity contribution in [2.75, 3.05) is 19.8 Å². The number of rotatable bonds is 8. The number of carbonyl (C=O) groups excluding carboxylic acids is 1. The topological polar surface area (TPSA) is 58.6 Å². The first-order valence-corrected chi connectivity index (χ1v) is 12.2. The van der Waals surface area contributed by atoms with E-state index in [0.717, 1.165) is 18.4 Å². The second-order valence-corrected chi connectivity index (χ2v) is 10.0. The van der Waals surface area contributed by atoms with Gasteiger partial charge in [-0.1, -0.05) is 48.5 Å². The van der Waals surface area contributed by atoms with Gasteiger partial charge in [0.1, 0.15) is 0 Å². The molecule has 1 aliphatic rings. The molecule has 2 aromatic rings. The number of piperidine rings is 1. The Kier molecular flexibility index (Phi) is 7.69. The zero-order valence-corrected chi connectivity index (χ0v) is 18.6. The molecule has 0 radical (unpaired) electrons. The van der Waals surface area contributed by atoms with Crippen LogP contribution in [0.2, 0.25) is 0 Å². The molecule has 0 aromatic heterocycles. The fraction of sp³-hybridized carbons (Fsp3) is 0.417. The first kappa shape index (κ1) is 22.5. The highest BCUT2D eigenvalue weighted by Gasteiger charge is 2.37.